The van der Waals surface area contributed by atoms with E-state index in [0.29, 0.717) is 18.4 Å². The van der Waals surface area contributed by atoms with Crippen LogP contribution in [0, 0.1) is 12.8 Å². The number of nitrogens with zero attached hydrogens (tertiary/aromatic N) is 2. The molecule has 1 aliphatic rings. The number of rotatable bonds is 9. The molecule has 0 aliphatic heterocycles. The molecule has 1 aliphatic carbocycles. The topological polar surface area (TPSA) is 54.9 Å². The molecule has 1 aromatic carbocycles. The SMILES string of the molecule is Cc1cc(-c2ccc(CC(=O)C(CC3CC3)c3ccc(NC(C)C)cn3)cc2)ccn1. The van der Waals surface area contributed by atoms with Crippen molar-refractivity contribution in [1.82, 2.24) is 9.97 Å². The number of anilines is 1. The van der Waals surface area contributed by atoms with Crippen LogP contribution >= 0.6 is 0 Å². The van der Waals surface area contributed by atoms with Crippen LogP contribution in [0.5, 0.6) is 0 Å². The van der Waals surface area contributed by atoms with Crippen LogP contribution in [-0.4, -0.2) is 21.8 Å². The highest BCUT2D eigenvalue weighted by Gasteiger charge is 2.31. The molecule has 160 valence electrons. The van der Waals surface area contributed by atoms with Gasteiger partial charge in [-0.2, -0.15) is 0 Å². The van der Waals surface area contributed by atoms with Crippen molar-refractivity contribution in [2.45, 2.75) is 58.4 Å². The summed E-state index contributed by atoms with van der Waals surface area (Å²) >= 11 is 0. The number of carbonyl (C=O) groups is 1. The summed E-state index contributed by atoms with van der Waals surface area (Å²) < 4.78 is 0. The zero-order valence-corrected chi connectivity index (χ0v) is 18.6. The number of aromatic nitrogens is 2. The number of nitrogens with one attached hydrogen (secondary N) is 1. The lowest BCUT2D eigenvalue weighted by Crippen LogP contribution is -2.17. The van der Waals surface area contributed by atoms with Crippen LogP contribution in [0.15, 0.2) is 60.9 Å². The largest absolute Gasteiger partial charge is 0.382 e. The highest BCUT2D eigenvalue weighted by atomic mass is 16.1. The first-order chi connectivity index (χ1) is 15.0. The van der Waals surface area contributed by atoms with Gasteiger partial charge in [0.05, 0.1) is 23.5 Å². The smallest absolute Gasteiger partial charge is 0.146 e. The lowest BCUT2D eigenvalue weighted by molar-refractivity contribution is -0.120. The number of hydrogen-bond acceptors (Lipinski definition) is 4. The predicted molar refractivity (Wildman–Crippen MR) is 126 cm³/mol. The Morgan fingerprint density at radius 1 is 1.03 bits per heavy atom. The highest BCUT2D eigenvalue weighted by Crippen LogP contribution is 2.39. The van der Waals surface area contributed by atoms with Crippen molar-refractivity contribution in [1.29, 1.82) is 0 Å². The van der Waals surface area contributed by atoms with Gasteiger partial charge in [0.25, 0.3) is 0 Å². The van der Waals surface area contributed by atoms with Crippen molar-refractivity contribution in [2.75, 3.05) is 5.32 Å². The first-order valence-electron chi connectivity index (χ1n) is 11.2. The van der Waals surface area contributed by atoms with Gasteiger partial charge < -0.3 is 5.32 Å². The van der Waals surface area contributed by atoms with Crippen LogP contribution in [0.25, 0.3) is 11.1 Å². The van der Waals surface area contributed by atoms with Gasteiger partial charge in [-0.3, -0.25) is 14.8 Å². The van der Waals surface area contributed by atoms with E-state index < -0.39 is 0 Å². The minimum Gasteiger partial charge on any atom is -0.382 e. The third kappa shape index (κ3) is 5.78. The molecule has 1 atom stereocenters. The summed E-state index contributed by atoms with van der Waals surface area (Å²) in [6.45, 7) is 6.21. The van der Waals surface area contributed by atoms with Gasteiger partial charge >= 0.3 is 0 Å². The molecule has 4 rings (SSSR count). The van der Waals surface area contributed by atoms with E-state index in [1.807, 2.05) is 37.5 Å². The Morgan fingerprint density at radius 3 is 2.42 bits per heavy atom. The number of carbonyl (C=O) groups excluding carboxylic acids is 1. The third-order valence-electron chi connectivity index (χ3n) is 5.82. The molecule has 4 heteroatoms. The van der Waals surface area contributed by atoms with Crippen LogP contribution in [0.2, 0.25) is 0 Å². The van der Waals surface area contributed by atoms with Crippen LogP contribution in [0.4, 0.5) is 5.69 Å². The van der Waals surface area contributed by atoms with Crippen LogP contribution in [0.3, 0.4) is 0 Å². The zero-order valence-electron chi connectivity index (χ0n) is 18.6. The number of ketones is 1. The lowest BCUT2D eigenvalue weighted by Gasteiger charge is -2.17. The maximum Gasteiger partial charge on any atom is 0.146 e. The summed E-state index contributed by atoms with van der Waals surface area (Å²) in [5.74, 6) is 0.807. The van der Waals surface area contributed by atoms with Gasteiger partial charge in [0.15, 0.2) is 0 Å². The average molecular weight is 414 g/mol. The van der Waals surface area contributed by atoms with E-state index >= 15 is 0 Å². The van der Waals surface area contributed by atoms with E-state index in [0.717, 1.165) is 40.2 Å². The summed E-state index contributed by atoms with van der Waals surface area (Å²) in [6, 6.07) is 16.8. The van der Waals surface area contributed by atoms with Gasteiger partial charge in [0, 0.05) is 24.4 Å². The second kappa shape index (κ2) is 9.42. The third-order valence-corrected chi connectivity index (χ3v) is 5.82. The first kappa shape index (κ1) is 21.2. The number of pyridine rings is 2. The fourth-order valence-corrected chi connectivity index (χ4v) is 4.00. The van der Waals surface area contributed by atoms with Crippen LogP contribution in [-0.2, 0) is 11.2 Å². The monoisotopic (exact) mass is 413 g/mol. The molecule has 3 aromatic rings. The molecule has 1 unspecified atom stereocenters. The van der Waals surface area contributed by atoms with Gasteiger partial charge in [-0.1, -0.05) is 37.1 Å². The maximum absolute atomic E-state index is 13.3. The Balaban J connectivity index is 1.47. The molecule has 2 aromatic heterocycles. The van der Waals surface area contributed by atoms with E-state index in [9.17, 15) is 4.79 Å². The second-order valence-corrected chi connectivity index (χ2v) is 9.03. The molecule has 31 heavy (non-hydrogen) atoms. The van der Waals surface area contributed by atoms with Crippen LogP contribution in [0.1, 0.15) is 56.0 Å². The summed E-state index contributed by atoms with van der Waals surface area (Å²) in [5.41, 5.74) is 6.25. The summed E-state index contributed by atoms with van der Waals surface area (Å²) in [6.07, 6.45) is 7.51. The zero-order chi connectivity index (χ0) is 21.8. The fourth-order valence-electron chi connectivity index (χ4n) is 4.00. The fraction of sp³-hybridized carbons (Fsp3) is 0.370. The molecule has 1 fully saturated rings. The molecule has 2 heterocycles. The second-order valence-electron chi connectivity index (χ2n) is 9.03. The number of Topliss-reactive ketones (excluding diaryl/α,β-unsaturated/α-hetero) is 1. The number of benzene rings is 1. The van der Waals surface area contributed by atoms with Crippen molar-refractivity contribution >= 4 is 11.5 Å². The predicted octanol–water partition coefficient (Wildman–Crippen LogP) is 5.97. The van der Waals surface area contributed by atoms with Gasteiger partial charge in [0.2, 0.25) is 0 Å². The standard InChI is InChI=1S/C27H31N3O/c1-18(2)30-24-10-11-26(29-17-24)25(15-20-4-5-20)27(31)16-21-6-8-22(9-7-21)23-12-13-28-19(3)14-23/h6-14,17-18,20,25,30H,4-5,15-16H2,1-3H3. The molecule has 1 N–H and O–H groups in total. The molecule has 0 saturated heterocycles. The van der Waals surface area contributed by atoms with Crippen LogP contribution < -0.4 is 5.32 Å². The van der Waals surface area contributed by atoms with Gasteiger partial charge in [-0.15, -0.1) is 0 Å². The molecule has 0 radical (unpaired) electrons. The number of aryl methyl sites for hydroxylation is 1. The van der Waals surface area contributed by atoms with E-state index in [-0.39, 0.29) is 11.7 Å². The van der Waals surface area contributed by atoms with Crippen molar-refractivity contribution < 1.29 is 4.79 Å². The minimum absolute atomic E-state index is 0.122. The Hall–Kier alpha value is -3.01. The Kier molecular flexibility index (Phi) is 6.45. The van der Waals surface area contributed by atoms with E-state index in [1.54, 1.807) is 0 Å². The summed E-state index contributed by atoms with van der Waals surface area (Å²) in [5, 5.41) is 3.36. The molecule has 1 saturated carbocycles. The minimum atomic E-state index is -0.122. The average Bonchev–Trinajstić information content (AvgIpc) is 3.57. The first-order valence-corrected chi connectivity index (χ1v) is 11.2. The molecule has 4 nitrogen and oxygen atoms in total. The van der Waals surface area contributed by atoms with Crippen molar-refractivity contribution in [3.63, 3.8) is 0 Å². The van der Waals surface area contributed by atoms with Gasteiger partial charge in [-0.05, 0) is 74.1 Å². The molecular weight excluding hydrogens is 382 g/mol. The quantitative estimate of drug-likeness (QED) is 0.470. The highest BCUT2D eigenvalue weighted by molar-refractivity contribution is 5.87. The van der Waals surface area contributed by atoms with E-state index in [1.165, 1.54) is 12.8 Å². The summed E-state index contributed by atoms with van der Waals surface area (Å²) in [4.78, 5) is 22.2. The lowest BCUT2D eigenvalue weighted by atomic mass is 9.89. The number of hydrogen-bond donors (Lipinski definition) is 1. The molecule has 0 bridgehead atoms. The summed E-state index contributed by atoms with van der Waals surface area (Å²) in [7, 11) is 0. The Morgan fingerprint density at radius 2 is 1.81 bits per heavy atom. The van der Waals surface area contributed by atoms with E-state index in [4.69, 9.17) is 0 Å². The Bertz CT molecular complexity index is 1020. The van der Waals surface area contributed by atoms with Gasteiger partial charge in [0.1, 0.15) is 5.78 Å². The van der Waals surface area contributed by atoms with Crippen molar-refractivity contribution in [3.05, 3.63) is 77.9 Å². The molecular formula is C27H31N3O. The van der Waals surface area contributed by atoms with Crippen molar-refractivity contribution in [3.8, 4) is 11.1 Å². The Labute approximate surface area is 185 Å². The maximum atomic E-state index is 13.3. The normalized spacial score (nSPS) is 14.5. The van der Waals surface area contributed by atoms with Gasteiger partial charge in [-0.25, -0.2) is 0 Å². The van der Waals surface area contributed by atoms with Crippen molar-refractivity contribution in [2.24, 2.45) is 5.92 Å². The molecule has 0 spiro atoms. The van der Waals surface area contributed by atoms with E-state index in [2.05, 4.69) is 59.5 Å². The molecule has 0 amide bonds.